The molecule has 10 heteroatoms. The number of unbranched alkanes of at least 4 members (excludes halogenated alkanes) is 2. The number of aliphatic carboxylic acids is 1. The molecule has 0 saturated heterocycles. The van der Waals surface area contributed by atoms with Crippen LogP contribution in [0.15, 0.2) is 30.3 Å². The lowest BCUT2D eigenvalue weighted by atomic mass is 9.94. The molecule has 10 nitrogen and oxygen atoms in total. The van der Waals surface area contributed by atoms with Crippen LogP contribution in [0.5, 0.6) is 0 Å². The lowest BCUT2D eigenvalue weighted by Crippen LogP contribution is -2.61. The van der Waals surface area contributed by atoms with E-state index in [0.29, 0.717) is 12.8 Å². The second kappa shape index (κ2) is 19.1. The molecule has 0 aliphatic rings. The maximum Gasteiger partial charge on any atom is 0.326 e. The van der Waals surface area contributed by atoms with Crippen molar-refractivity contribution in [2.75, 3.05) is 28.2 Å². The third-order valence-electron chi connectivity index (χ3n) is 8.95. The third-order valence-corrected chi connectivity index (χ3v) is 8.95. The van der Waals surface area contributed by atoms with Crippen LogP contribution in [0.25, 0.3) is 0 Å². The highest BCUT2D eigenvalue weighted by Gasteiger charge is 2.43. The van der Waals surface area contributed by atoms with Gasteiger partial charge in [-0.05, 0) is 36.2 Å². The smallest absolute Gasteiger partial charge is 0.326 e. The summed E-state index contributed by atoms with van der Waals surface area (Å²) in [6.07, 6.45) is 8.41. The second-order valence-corrected chi connectivity index (χ2v) is 13.8. The molecule has 0 radical (unpaired) electrons. The van der Waals surface area contributed by atoms with Crippen LogP contribution in [0, 0.1) is 36.0 Å². The van der Waals surface area contributed by atoms with Gasteiger partial charge in [-0.25, -0.2) is 4.79 Å². The van der Waals surface area contributed by atoms with Crippen molar-refractivity contribution in [1.29, 1.82) is 0 Å². The predicted molar refractivity (Wildman–Crippen MR) is 185 cm³/mol. The molecule has 0 unspecified atom stereocenters. The number of rotatable bonds is 18. The summed E-state index contributed by atoms with van der Waals surface area (Å²) in [6.45, 7) is 12.9. The number of benzene rings is 1. The Bertz CT molecular complexity index is 1240. The van der Waals surface area contributed by atoms with E-state index in [1.165, 1.54) is 33.7 Å². The van der Waals surface area contributed by atoms with Crippen LogP contribution in [0.1, 0.15) is 79.7 Å². The monoisotopic (exact) mass is 654 g/mol. The summed E-state index contributed by atoms with van der Waals surface area (Å²) in [5, 5.41) is 10.0. The molecule has 0 spiro atoms. The van der Waals surface area contributed by atoms with Gasteiger partial charge in [0.05, 0.1) is 0 Å². The Morgan fingerprint density at radius 2 is 1.06 bits per heavy atom. The van der Waals surface area contributed by atoms with Crippen molar-refractivity contribution in [3.05, 3.63) is 35.9 Å². The highest BCUT2D eigenvalue weighted by atomic mass is 16.4. The van der Waals surface area contributed by atoms with E-state index in [2.05, 4.69) is 5.92 Å². The number of carboxylic acid groups (broad SMARTS) is 1. The summed E-state index contributed by atoms with van der Waals surface area (Å²) in [5.74, 6) is -1.19. The van der Waals surface area contributed by atoms with Crippen LogP contribution in [-0.2, 0) is 30.4 Å². The molecule has 1 N–H and O–H groups in total. The molecule has 0 aliphatic carbocycles. The van der Waals surface area contributed by atoms with E-state index in [1.54, 1.807) is 40.1 Å². The molecule has 1 rings (SSSR count). The Kier molecular flexibility index (Phi) is 16.7. The summed E-state index contributed by atoms with van der Waals surface area (Å²) in [6, 6.07) is 5.21. The van der Waals surface area contributed by atoms with Crippen molar-refractivity contribution in [2.45, 2.75) is 105 Å². The number of amides is 4. The number of nitrogens with zero attached hydrogens (tertiary/aromatic N) is 4. The zero-order valence-corrected chi connectivity index (χ0v) is 30.4. The Morgan fingerprint density at radius 1 is 0.660 bits per heavy atom. The first-order valence-electron chi connectivity index (χ1n) is 16.7. The second-order valence-electron chi connectivity index (χ2n) is 13.8. The van der Waals surface area contributed by atoms with E-state index < -0.39 is 42.0 Å². The van der Waals surface area contributed by atoms with E-state index >= 15 is 0 Å². The summed E-state index contributed by atoms with van der Waals surface area (Å²) >= 11 is 0. The first-order valence-corrected chi connectivity index (χ1v) is 16.7. The van der Waals surface area contributed by atoms with Crippen molar-refractivity contribution in [2.24, 2.45) is 23.7 Å². The van der Waals surface area contributed by atoms with Crippen molar-refractivity contribution < 1.29 is 29.1 Å². The highest BCUT2D eigenvalue weighted by Crippen LogP contribution is 2.24. The van der Waals surface area contributed by atoms with Crippen molar-refractivity contribution in [3.63, 3.8) is 0 Å². The fraction of sp³-hybridized carbons (Fsp3) is 0.649. The minimum atomic E-state index is -1.15. The maximum atomic E-state index is 14.2. The normalized spacial score (nSPS) is 14.5. The van der Waals surface area contributed by atoms with Crippen LogP contribution >= 0.6 is 0 Å². The first-order chi connectivity index (χ1) is 21.9. The number of terminal acetylenes is 1. The lowest BCUT2D eigenvalue weighted by Gasteiger charge is -2.41. The van der Waals surface area contributed by atoms with Crippen LogP contribution in [0.4, 0.5) is 0 Å². The third kappa shape index (κ3) is 11.1. The number of likely N-dealkylation sites (N-methyl/N-ethyl adjacent to an activating group) is 4. The fourth-order valence-electron chi connectivity index (χ4n) is 6.26. The molecule has 0 heterocycles. The molecule has 1 aromatic carbocycles. The molecule has 0 aromatic heterocycles. The van der Waals surface area contributed by atoms with Crippen LogP contribution in [0.3, 0.4) is 0 Å². The van der Waals surface area contributed by atoms with E-state index in [-0.39, 0.29) is 41.9 Å². The Hall–Kier alpha value is -3.87. The van der Waals surface area contributed by atoms with Gasteiger partial charge in [-0.2, -0.15) is 0 Å². The summed E-state index contributed by atoms with van der Waals surface area (Å²) in [4.78, 5) is 73.4. The quantitative estimate of drug-likeness (QED) is 0.185. The van der Waals surface area contributed by atoms with Gasteiger partial charge in [0.25, 0.3) is 0 Å². The topological polar surface area (TPSA) is 119 Å². The van der Waals surface area contributed by atoms with E-state index in [4.69, 9.17) is 6.42 Å². The number of carboxylic acids is 1. The van der Waals surface area contributed by atoms with Crippen LogP contribution in [0.2, 0.25) is 0 Å². The minimum absolute atomic E-state index is 0.110. The summed E-state index contributed by atoms with van der Waals surface area (Å²) < 4.78 is 0. The standard InChI is InChI=1S/C37H58N4O6/c1-13-14-15-17-20-27(8)33(42)39(10)31(25(4)5)35(44)41(12)32(26(6)7)36(45)40(11)30(24(2)3)34(43)38(9)29(37(46)47)23-28-21-18-16-19-22-28/h1,16,18-19,21-22,24-27,29-32H,14-15,17,20,23H2,2-12H3,(H,46,47)/t27-,29+,30+,31+,32+/m1/s1. The Balaban J connectivity index is 3.31. The summed E-state index contributed by atoms with van der Waals surface area (Å²) in [5.41, 5.74) is 0.770. The van der Waals surface area contributed by atoms with Gasteiger partial charge < -0.3 is 24.7 Å². The fourth-order valence-corrected chi connectivity index (χ4v) is 6.26. The van der Waals surface area contributed by atoms with Gasteiger partial charge in [-0.1, -0.05) is 85.2 Å². The van der Waals surface area contributed by atoms with Gasteiger partial charge >= 0.3 is 5.97 Å². The van der Waals surface area contributed by atoms with Crippen molar-refractivity contribution in [1.82, 2.24) is 19.6 Å². The van der Waals surface area contributed by atoms with Gasteiger partial charge in [0.1, 0.15) is 24.2 Å². The molecule has 0 bridgehead atoms. The SMILES string of the molecule is C#CCCCC[C@@H](C)C(=O)N(C)[C@H](C(=O)N(C)[C@H](C(=O)N(C)[C@H](C(=O)N(C)[C@@H](Cc1ccccc1)C(=O)O)C(C)C)C(C)C)C(C)C. The first kappa shape index (κ1) is 41.2. The lowest BCUT2D eigenvalue weighted by molar-refractivity contribution is -0.158. The van der Waals surface area contributed by atoms with Crippen LogP contribution < -0.4 is 0 Å². The molecule has 4 amide bonds. The van der Waals surface area contributed by atoms with Gasteiger partial charge in [0, 0.05) is 47.0 Å². The van der Waals surface area contributed by atoms with Gasteiger partial charge in [0.2, 0.25) is 23.6 Å². The molecule has 1 aromatic rings. The molecule has 47 heavy (non-hydrogen) atoms. The zero-order chi connectivity index (χ0) is 36.2. The van der Waals surface area contributed by atoms with Crippen LogP contribution in [-0.4, -0.2) is 107 Å². The highest BCUT2D eigenvalue weighted by molar-refractivity contribution is 5.95. The molecule has 5 atom stereocenters. The molecule has 0 fully saturated rings. The van der Waals surface area contributed by atoms with E-state index in [9.17, 15) is 29.1 Å². The van der Waals surface area contributed by atoms with Gasteiger partial charge in [0.15, 0.2) is 0 Å². The zero-order valence-electron chi connectivity index (χ0n) is 30.4. The van der Waals surface area contributed by atoms with E-state index in [1.807, 2.05) is 52.8 Å². The van der Waals surface area contributed by atoms with E-state index in [0.717, 1.165) is 18.4 Å². The average Bonchev–Trinajstić information content (AvgIpc) is 3.00. The molecule has 0 aliphatic heterocycles. The largest absolute Gasteiger partial charge is 0.480 e. The van der Waals surface area contributed by atoms with Crippen molar-refractivity contribution in [3.8, 4) is 12.3 Å². The average molecular weight is 655 g/mol. The molecule has 262 valence electrons. The van der Waals surface area contributed by atoms with Gasteiger partial charge in [-0.15, -0.1) is 12.3 Å². The number of carbonyl (C=O) groups excluding carboxylic acids is 4. The molecular weight excluding hydrogens is 596 g/mol. The summed E-state index contributed by atoms with van der Waals surface area (Å²) in [7, 11) is 6.17. The number of hydrogen-bond donors (Lipinski definition) is 1. The van der Waals surface area contributed by atoms with Crippen molar-refractivity contribution >= 4 is 29.6 Å². The molecular formula is C37H58N4O6. The molecule has 0 saturated carbocycles. The predicted octanol–water partition coefficient (Wildman–Crippen LogP) is 4.42. The Morgan fingerprint density at radius 3 is 1.45 bits per heavy atom. The van der Waals surface area contributed by atoms with Gasteiger partial charge in [-0.3, -0.25) is 19.2 Å². The minimum Gasteiger partial charge on any atom is -0.480 e. The Labute approximate surface area is 282 Å². The number of hydrogen-bond acceptors (Lipinski definition) is 5. The number of carbonyl (C=O) groups is 5. The maximum absolute atomic E-state index is 14.2.